The molecule has 2 aliphatic carbocycles. The Morgan fingerprint density at radius 3 is 2.26 bits per heavy atom. The molecule has 0 bridgehead atoms. The summed E-state index contributed by atoms with van der Waals surface area (Å²) in [5.74, 6) is 2.15. The van der Waals surface area contributed by atoms with Crippen LogP contribution in [0.2, 0.25) is 0 Å². The minimum absolute atomic E-state index is 0.198. The van der Waals surface area contributed by atoms with Crippen molar-refractivity contribution in [3.8, 4) is 0 Å². The predicted molar refractivity (Wildman–Crippen MR) is 69.4 cm³/mol. The molecular weight excluding hydrogens is 244 g/mol. The monoisotopic (exact) mass is 266 g/mol. The molecule has 1 amide bonds. The van der Waals surface area contributed by atoms with Crippen LogP contribution in [0.1, 0.15) is 19.3 Å². The van der Waals surface area contributed by atoms with E-state index in [0.717, 1.165) is 50.9 Å². The number of carbonyl (C=O) groups is 2. The van der Waals surface area contributed by atoms with Gasteiger partial charge >= 0.3 is 5.97 Å². The molecule has 0 radical (unpaired) electrons. The number of hydrogen-bond acceptors (Lipinski definition) is 4. The molecular formula is C14H22N2O3. The summed E-state index contributed by atoms with van der Waals surface area (Å²) >= 11 is 0. The quantitative estimate of drug-likeness (QED) is 0.692. The molecule has 1 aliphatic heterocycles. The van der Waals surface area contributed by atoms with Crippen molar-refractivity contribution >= 4 is 11.9 Å². The van der Waals surface area contributed by atoms with Gasteiger partial charge in [-0.05, 0) is 31.1 Å². The van der Waals surface area contributed by atoms with Gasteiger partial charge in [-0.3, -0.25) is 14.5 Å². The fraction of sp³-hybridized carbons (Fsp3) is 0.857. The Labute approximate surface area is 113 Å². The van der Waals surface area contributed by atoms with E-state index in [1.807, 2.05) is 4.90 Å². The predicted octanol–water partition coefficient (Wildman–Crippen LogP) is 0.350. The highest BCUT2D eigenvalue weighted by molar-refractivity contribution is 5.79. The molecule has 2 unspecified atom stereocenters. The number of ether oxygens (including phenoxy) is 1. The van der Waals surface area contributed by atoms with Crippen LogP contribution < -0.4 is 0 Å². The Morgan fingerprint density at radius 1 is 1.05 bits per heavy atom. The third-order valence-electron chi connectivity index (χ3n) is 4.86. The first kappa shape index (κ1) is 12.9. The summed E-state index contributed by atoms with van der Waals surface area (Å²) in [4.78, 5) is 27.6. The molecule has 19 heavy (non-hydrogen) atoms. The van der Waals surface area contributed by atoms with E-state index in [0.29, 0.717) is 12.5 Å². The van der Waals surface area contributed by atoms with Gasteiger partial charge < -0.3 is 9.64 Å². The summed E-state index contributed by atoms with van der Waals surface area (Å²) in [6.45, 7) is 3.40. The Bertz CT molecular complexity index is 367. The molecule has 5 heteroatoms. The summed E-state index contributed by atoms with van der Waals surface area (Å²) < 4.78 is 4.66. The van der Waals surface area contributed by atoms with Crippen LogP contribution in [-0.2, 0) is 14.3 Å². The second-order valence-corrected chi connectivity index (χ2v) is 6.10. The molecule has 2 atom stereocenters. The molecule has 0 spiro atoms. The SMILES string of the molecule is COC(=O)CN1CCN(C(=O)C2CC3CC3C2)CC1. The van der Waals surface area contributed by atoms with Crippen molar-refractivity contribution in [2.75, 3.05) is 39.8 Å². The summed E-state index contributed by atoms with van der Waals surface area (Å²) in [5.41, 5.74) is 0. The molecule has 2 saturated carbocycles. The van der Waals surface area contributed by atoms with Crippen molar-refractivity contribution in [2.24, 2.45) is 17.8 Å². The zero-order valence-corrected chi connectivity index (χ0v) is 11.5. The van der Waals surface area contributed by atoms with Gasteiger partial charge in [0.2, 0.25) is 5.91 Å². The van der Waals surface area contributed by atoms with Gasteiger partial charge in [-0.15, -0.1) is 0 Å². The van der Waals surface area contributed by atoms with Crippen LogP contribution in [0.3, 0.4) is 0 Å². The van der Waals surface area contributed by atoms with E-state index in [1.54, 1.807) is 0 Å². The Morgan fingerprint density at radius 2 is 1.68 bits per heavy atom. The molecule has 0 aromatic heterocycles. The molecule has 3 rings (SSSR count). The van der Waals surface area contributed by atoms with Crippen LogP contribution in [0.5, 0.6) is 0 Å². The number of carbonyl (C=O) groups excluding carboxylic acids is 2. The normalized spacial score (nSPS) is 33.9. The van der Waals surface area contributed by atoms with Gasteiger partial charge in [-0.2, -0.15) is 0 Å². The minimum atomic E-state index is -0.198. The number of piperazine rings is 1. The first-order valence-corrected chi connectivity index (χ1v) is 7.25. The molecule has 106 valence electrons. The Hall–Kier alpha value is -1.10. The molecule has 1 saturated heterocycles. The van der Waals surface area contributed by atoms with Gasteiger partial charge in [0.25, 0.3) is 0 Å². The number of amides is 1. The van der Waals surface area contributed by atoms with Crippen LogP contribution in [0.4, 0.5) is 0 Å². The number of nitrogens with zero attached hydrogens (tertiary/aromatic N) is 2. The van der Waals surface area contributed by atoms with Crippen molar-refractivity contribution in [2.45, 2.75) is 19.3 Å². The van der Waals surface area contributed by atoms with E-state index in [9.17, 15) is 9.59 Å². The van der Waals surface area contributed by atoms with Crippen molar-refractivity contribution in [1.29, 1.82) is 0 Å². The lowest BCUT2D eigenvalue weighted by molar-refractivity contribution is -0.143. The number of hydrogen-bond donors (Lipinski definition) is 0. The van der Waals surface area contributed by atoms with Crippen molar-refractivity contribution in [3.05, 3.63) is 0 Å². The zero-order chi connectivity index (χ0) is 13.4. The number of rotatable bonds is 3. The van der Waals surface area contributed by atoms with E-state index in [-0.39, 0.29) is 11.9 Å². The van der Waals surface area contributed by atoms with Gasteiger partial charge in [0.1, 0.15) is 0 Å². The minimum Gasteiger partial charge on any atom is -0.468 e. The lowest BCUT2D eigenvalue weighted by atomic mass is 10.0. The molecule has 0 aromatic carbocycles. The van der Waals surface area contributed by atoms with Crippen LogP contribution in [0, 0.1) is 17.8 Å². The number of fused-ring (bicyclic) bond motifs is 1. The van der Waals surface area contributed by atoms with Gasteiger partial charge in [0.05, 0.1) is 13.7 Å². The van der Waals surface area contributed by atoms with Crippen molar-refractivity contribution < 1.29 is 14.3 Å². The highest BCUT2D eigenvalue weighted by Crippen LogP contribution is 2.54. The van der Waals surface area contributed by atoms with Crippen LogP contribution >= 0.6 is 0 Å². The first-order valence-electron chi connectivity index (χ1n) is 7.25. The lowest BCUT2D eigenvalue weighted by Crippen LogP contribution is -2.51. The van der Waals surface area contributed by atoms with Crippen molar-refractivity contribution in [1.82, 2.24) is 9.80 Å². The second-order valence-electron chi connectivity index (χ2n) is 6.10. The van der Waals surface area contributed by atoms with E-state index < -0.39 is 0 Å². The maximum Gasteiger partial charge on any atom is 0.319 e. The highest BCUT2D eigenvalue weighted by Gasteiger charge is 2.48. The van der Waals surface area contributed by atoms with E-state index in [4.69, 9.17) is 0 Å². The van der Waals surface area contributed by atoms with Crippen LogP contribution in [0.15, 0.2) is 0 Å². The third kappa shape index (κ3) is 2.76. The maximum atomic E-state index is 12.4. The first-order chi connectivity index (χ1) is 9.17. The molecule has 3 aliphatic rings. The summed E-state index contributed by atoms with van der Waals surface area (Å²) in [5, 5.41) is 0. The molecule has 5 nitrogen and oxygen atoms in total. The van der Waals surface area contributed by atoms with E-state index in [2.05, 4.69) is 9.64 Å². The van der Waals surface area contributed by atoms with E-state index in [1.165, 1.54) is 13.5 Å². The largest absolute Gasteiger partial charge is 0.468 e. The summed E-state index contributed by atoms with van der Waals surface area (Å²) in [6.07, 6.45) is 3.59. The van der Waals surface area contributed by atoms with Crippen LogP contribution in [0.25, 0.3) is 0 Å². The number of methoxy groups -OCH3 is 1. The Kier molecular flexibility index (Phi) is 3.48. The third-order valence-corrected chi connectivity index (χ3v) is 4.86. The summed E-state index contributed by atoms with van der Waals surface area (Å²) in [7, 11) is 1.41. The second kappa shape index (κ2) is 5.12. The average Bonchev–Trinajstić information content (AvgIpc) is 3.05. The Balaban J connectivity index is 1.44. The van der Waals surface area contributed by atoms with Gasteiger partial charge in [0.15, 0.2) is 0 Å². The molecule has 0 N–H and O–H groups in total. The fourth-order valence-corrected chi connectivity index (χ4v) is 3.55. The fourth-order valence-electron chi connectivity index (χ4n) is 3.55. The smallest absolute Gasteiger partial charge is 0.319 e. The van der Waals surface area contributed by atoms with Crippen molar-refractivity contribution in [3.63, 3.8) is 0 Å². The molecule has 1 heterocycles. The zero-order valence-electron chi connectivity index (χ0n) is 11.5. The van der Waals surface area contributed by atoms with Gasteiger partial charge in [-0.1, -0.05) is 0 Å². The lowest BCUT2D eigenvalue weighted by Gasteiger charge is -2.35. The standard InChI is InChI=1S/C14H22N2O3/c1-19-13(17)9-15-2-4-16(5-3-15)14(18)12-7-10-6-11(10)8-12/h10-12H,2-9H2,1H3. The summed E-state index contributed by atoms with van der Waals surface area (Å²) in [6, 6.07) is 0. The number of esters is 1. The van der Waals surface area contributed by atoms with Gasteiger partial charge in [-0.25, -0.2) is 0 Å². The maximum absolute atomic E-state index is 12.4. The van der Waals surface area contributed by atoms with Crippen LogP contribution in [-0.4, -0.2) is 61.5 Å². The topological polar surface area (TPSA) is 49.9 Å². The highest BCUT2D eigenvalue weighted by atomic mass is 16.5. The molecule has 0 aromatic rings. The molecule has 3 fully saturated rings. The van der Waals surface area contributed by atoms with Gasteiger partial charge in [0, 0.05) is 32.1 Å². The van der Waals surface area contributed by atoms with E-state index >= 15 is 0 Å². The average molecular weight is 266 g/mol.